The Labute approximate surface area is 119 Å². The van der Waals surface area contributed by atoms with E-state index in [1.165, 1.54) is 12.1 Å². The molecule has 1 nitrogen and oxygen atoms in total. The molecule has 4 heteroatoms. The Morgan fingerprint density at radius 2 is 2.06 bits per heavy atom. The molecule has 0 aliphatic heterocycles. The van der Waals surface area contributed by atoms with Crippen molar-refractivity contribution >= 4 is 33.2 Å². The van der Waals surface area contributed by atoms with Crippen LogP contribution in [0.3, 0.4) is 0 Å². The summed E-state index contributed by atoms with van der Waals surface area (Å²) in [7, 11) is 0. The maximum atomic E-state index is 13.2. The first-order valence-corrected chi connectivity index (χ1v) is 6.67. The number of hydrogen-bond acceptors (Lipinski definition) is 1. The lowest BCUT2D eigenvalue weighted by Crippen LogP contribution is -2.01. The number of anilines is 1. The van der Waals surface area contributed by atoms with E-state index >= 15 is 0 Å². The molecule has 0 radical (unpaired) electrons. The molecule has 0 saturated carbocycles. The number of benzene rings is 2. The zero-order valence-electron chi connectivity index (χ0n) is 9.81. The van der Waals surface area contributed by atoms with Crippen LogP contribution in [0.5, 0.6) is 0 Å². The van der Waals surface area contributed by atoms with E-state index in [9.17, 15) is 4.39 Å². The van der Waals surface area contributed by atoms with Crippen molar-refractivity contribution < 1.29 is 4.39 Å². The van der Waals surface area contributed by atoms with Crippen LogP contribution in [0.15, 0.2) is 40.9 Å². The summed E-state index contributed by atoms with van der Waals surface area (Å²) < 4.78 is 14.0. The average Bonchev–Trinajstić information content (AvgIpc) is 2.30. The first-order chi connectivity index (χ1) is 8.56. The highest BCUT2D eigenvalue weighted by Gasteiger charge is 2.03. The maximum absolute atomic E-state index is 13.2. The van der Waals surface area contributed by atoms with Crippen molar-refractivity contribution in [1.29, 1.82) is 0 Å². The maximum Gasteiger partial charge on any atom is 0.124 e. The Hall–Kier alpha value is -1.06. The van der Waals surface area contributed by atoms with E-state index in [0.717, 1.165) is 26.3 Å². The van der Waals surface area contributed by atoms with Gasteiger partial charge in [0.2, 0.25) is 0 Å². The van der Waals surface area contributed by atoms with Gasteiger partial charge < -0.3 is 5.32 Å². The van der Waals surface area contributed by atoms with Gasteiger partial charge in [-0.2, -0.15) is 0 Å². The lowest BCUT2D eigenvalue weighted by molar-refractivity contribution is 0.625. The van der Waals surface area contributed by atoms with Gasteiger partial charge in [-0.05, 0) is 48.4 Å². The normalized spacial score (nSPS) is 10.4. The summed E-state index contributed by atoms with van der Waals surface area (Å²) in [4.78, 5) is 0. The Balaban J connectivity index is 2.14. The van der Waals surface area contributed by atoms with E-state index in [2.05, 4.69) is 21.2 Å². The molecule has 0 bridgehead atoms. The second kappa shape index (κ2) is 5.72. The van der Waals surface area contributed by atoms with E-state index in [1.54, 1.807) is 0 Å². The van der Waals surface area contributed by atoms with Crippen molar-refractivity contribution in [3.63, 3.8) is 0 Å². The molecule has 18 heavy (non-hydrogen) atoms. The van der Waals surface area contributed by atoms with E-state index in [4.69, 9.17) is 11.6 Å². The fourth-order valence-corrected chi connectivity index (χ4v) is 2.40. The van der Waals surface area contributed by atoms with Crippen LogP contribution in [0.2, 0.25) is 5.02 Å². The molecule has 0 amide bonds. The first kappa shape index (κ1) is 13.4. The van der Waals surface area contributed by atoms with Gasteiger partial charge in [-0.25, -0.2) is 4.39 Å². The summed E-state index contributed by atoms with van der Waals surface area (Å²) in [6.45, 7) is 2.50. The zero-order valence-corrected chi connectivity index (χ0v) is 12.1. The summed E-state index contributed by atoms with van der Waals surface area (Å²) >= 11 is 9.31. The second-order valence-corrected chi connectivity index (χ2v) is 5.37. The van der Waals surface area contributed by atoms with Crippen molar-refractivity contribution in [2.75, 3.05) is 5.32 Å². The van der Waals surface area contributed by atoms with Gasteiger partial charge in [-0.3, -0.25) is 0 Å². The predicted molar refractivity (Wildman–Crippen MR) is 77.6 cm³/mol. The lowest BCUT2D eigenvalue weighted by atomic mass is 10.1. The van der Waals surface area contributed by atoms with Crippen molar-refractivity contribution in [3.8, 4) is 0 Å². The highest BCUT2D eigenvalue weighted by atomic mass is 79.9. The molecule has 0 aromatic heterocycles. The highest BCUT2D eigenvalue weighted by molar-refractivity contribution is 9.10. The third kappa shape index (κ3) is 3.24. The van der Waals surface area contributed by atoms with E-state index in [1.807, 2.05) is 31.2 Å². The van der Waals surface area contributed by atoms with Crippen LogP contribution >= 0.6 is 27.5 Å². The van der Waals surface area contributed by atoms with Crippen LogP contribution in [0.25, 0.3) is 0 Å². The van der Waals surface area contributed by atoms with Crippen molar-refractivity contribution in [2.45, 2.75) is 13.5 Å². The largest absolute Gasteiger partial charge is 0.381 e. The van der Waals surface area contributed by atoms with E-state index < -0.39 is 0 Å². The molecule has 2 rings (SSSR count). The Morgan fingerprint density at radius 1 is 1.28 bits per heavy atom. The smallest absolute Gasteiger partial charge is 0.124 e. The van der Waals surface area contributed by atoms with Crippen molar-refractivity contribution in [1.82, 2.24) is 0 Å². The fourth-order valence-electron chi connectivity index (χ4n) is 1.71. The molecule has 0 atom stereocenters. The van der Waals surface area contributed by atoms with Crippen LogP contribution < -0.4 is 5.32 Å². The van der Waals surface area contributed by atoms with E-state index in [0.29, 0.717) is 6.54 Å². The van der Waals surface area contributed by atoms with Crippen molar-refractivity contribution in [3.05, 3.63) is 62.8 Å². The highest BCUT2D eigenvalue weighted by Crippen LogP contribution is 2.24. The SMILES string of the molecule is Cc1c(Cl)cccc1NCc1cc(F)cc(Br)c1. The average molecular weight is 329 g/mol. The molecule has 0 unspecified atom stereocenters. The van der Waals surface area contributed by atoms with Gasteiger partial charge in [0.1, 0.15) is 5.82 Å². The molecular weight excluding hydrogens is 317 g/mol. The quantitative estimate of drug-likeness (QED) is 0.820. The van der Waals surface area contributed by atoms with Gasteiger partial charge >= 0.3 is 0 Å². The molecular formula is C14H12BrClFN. The van der Waals surface area contributed by atoms with Gasteiger partial charge in [0.25, 0.3) is 0 Å². The minimum absolute atomic E-state index is 0.246. The Kier molecular flexibility index (Phi) is 4.25. The number of halogens is 3. The molecule has 0 heterocycles. The molecule has 94 valence electrons. The van der Waals surface area contributed by atoms with Crippen LogP contribution in [-0.4, -0.2) is 0 Å². The zero-order chi connectivity index (χ0) is 13.1. The Morgan fingerprint density at radius 3 is 2.78 bits per heavy atom. The number of rotatable bonds is 3. The van der Waals surface area contributed by atoms with Gasteiger partial charge in [-0.15, -0.1) is 0 Å². The fraction of sp³-hybridized carbons (Fsp3) is 0.143. The van der Waals surface area contributed by atoms with Gasteiger partial charge in [-0.1, -0.05) is 33.6 Å². The number of nitrogens with one attached hydrogen (secondary N) is 1. The topological polar surface area (TPSA) is 12.0 Å². The van der Waals surface area contributed by atoms with Crippen LogP contribution in [0.4, 0.5) is 10.1 Å². The molecule has 0 saturated heterocycles. The summed E-state index contributed by atoms with van der Waals surface area (Å²) in [6, 6.07) is 10.5. The molecule has 0 fully saturated rings. The number of hydrogen-bond donors (Lipinski definition) is 1. The minimum atomic E-state index is -0.246. The van der Waals surface area contributed by atoms with Gasteiger partial charge in [0.15, 0.2) is 0 Å². The van der Waals surface area contributed by atoms with Crippen LogP contribution in [0, 0.1) is 12.7 Å². The lowest BCUT2D eigenvalue weighted by Gasteiger charge is -2.11. The second-order valence-electron chi connectivity index (χ2n) is 4.04. The molecule has 0 spiro atoms. The van der Waals surface area contributed by atoms with Crippen LogP contribution in [-0.2, 0) is 6.54 Å². The summed E-state index contributed by atoms with van der Waals surface area (Å²) in [5.74, 6) is -0.246. The predicted octanol–water partition coefficient (Wildman–Crippen LogP) is 5.16. The summed E-state index contributed by atoms with van der Waals surface area (Å²) in [5, 5.41) is 3.98. The van der Waals surface area contributed by atoms with Gasteiger partial charge in [0.05, 0.1) is 0 Å². The summed E-state index contributed by atoms with van der Waals surface area (Å²) in [5.41, 5.74) is 2.83. The standard InChI is InChI=1S/C14H12BrClFN/c1-9-13(16)3-2-4-14(9)18-8-10-5-11(15)7-12(17)6-10/h2-7,18H,8H2,1H3. The minimum Gasteiger partial charge on any atom is -0.381 e. The van der Waals surface area contributed by atoms with E-state index in [-0.39, 0.29) is 5.82 Å². The first-order valence-electron chi connectivity index (χ1n) is 5.50. The molecule has 1 N–H and O–H groups in total. The third-order valence-electron chi connectivity index (χ3n) is 2.67. The van der Waals surface area contributed by atoms with Crippen LogP contribution in [0.1, 0.15) is 11.1 Å². The Bertz CT molecular complexity index is 551. The van der Waals surface area contributed by atoms with Gasteiger partial charge in [0, 0.05) is 21.7 Å². The molecule has 0 aliphatic rings. The van der Waals surface area contributed by atoms with Crippen molar-refractivity contribution in [2.24, 2.45) is 0 Å². The summed E-state index contributed by atoms with van der Waals surface area (Å²) in [6.07, 6.45) is 0. The molecule has 2 aromatic carbocycles. The molecule has 2 aromatic rings. The third-order valence-corrected chi connectivity index (χ3v) is 3.54. The monoisotopic (exact) mass is 327 g/mol. The molecule has 0 aliphatic carbocycles.